The third-order valence-corrected chi connectivity index (χ3v) is 4.92. The molecule has 0 aromatic carbocycles. The minimum absolute atomic E-state index is 0.0350. The average molecular weight is 285 g/mol. The zero-order valence-corrected chi connectivity index (χ0v) is 12.1. The molecule has 1 saturated carbocycles. The van der Waals surface area contributed by atoms with Gasteiger partial charge in [0.15, 0.2) is 11.3 Å². The minimum Gasteiger partial charge on any atom is -0.449 e. The van der Waals surface area contributed by atoms with Crippen LogP contribution in [-0.2, 0) is 0 Å². The second-order valence-corrected chi connectivity index (χ2v) is 6.32. The molecule has 2 fully saturated rings. The third-order valence-electron chi connectivity index (χ3n) is 4.92. The molecule has 1 amide bonds. The molecule has 0 radical (unpaired) electrons. The Bertz CT molecular complexity index is 709. The van der Waals surface area contributed by atoms with Gasteiger partial charge < -0.3 is 15.1 Å². The highest BCUT2D eigenvalue weighted by molar-refractivity contribution is 5.95. The number of aryl methyl sites for hydroxylation is 1. The van der Waals surface area contributed by atoms with Gasteiger partial charge in [0.25, 0.3) is 5.91 Å². The summed E-state index contributed by atoms with van der Waals surface area (Å²) in [4.78, 5) is 18.9. The van der Waals surface area contributed by atoms with Crippen molar-refractivity contribution in [1.29, 1.82) is 0 Å². The molecule has 5 nitrogen and oxygen atoms in total. The van der Waals surface area contributed by atoms with Crippen LogP contribution in [0, 0.1) is 18.8 Å². The summed E-state index contributed by atoms with van der Waals surface area (Å²) in [6.45, 7) is 3.49. The Balaban J connectivity index is 1.59. The first kappa shape index (κ1) is 12.8. The molecule has 4 rings (SSSR count). The number of hydrogen-bond donors (Lipinski definition) is 1. The molecule has 2 N–H and O–H groups in total. The number of aromatic nitrogens is 1. The molecule has 1 aliphatic heterocycles. The van der Waals surface area contributed by atoms with Crippen LogP contribution in [-0.4, -0.2) is 34.9 Å². The van der Waals surface area contributed by atoms with E-state index in [9.17, 15) is 4.79 Å². The van der Waals surface area contributed by atoms with E-state index in [-0.39, 0.29) is 11.9 Å². The molecule has 1 saturated heterocycles. The van der Waals surface area contributed by atoms with Gasteiger partial charge >= 0.3 is 0 Å². The quantitative estimate of drug-likeness (QED) is 0.869. The summed E-state index contributed by atoms with van der Waals surface area (Å²) in [5.74, 6) is 1.37. The van der Waals surface area contributed by atoms with E-state index in [1.807, 2.05) is 24.0 Å². The highest BCUT2D eigenvalue weighted by Gasteiger charge is 2.43. The second-order valence-electron chi connectivity index (χ2n) is 6.32. The standard InChI is InChI=1S/C16H19N3O2/c1-9-2-5-14-13(18-9)6-15(21-14)16(20)19-7-10-3-4-12(17)11(10)8-19/h2,5-6,10-12H,3-4,7-8,17H2,1H3. The Morgan fingerprint density at radius 3 is 3.05 bits per heavy atom. The van der Waals surface area contributed by atoms with Crippen LogP contribution in [0.3, 0.4) is 0 Å². The number of hydrogen-bond acceptors (Lipinski definition) is 4. The molecule has 3 heterocycles. The number of carbonyl (C=O) groups is 1. The maximum Gasteiger partial charge on any atom is 0.289 e. The van der Waals surface area contributed by atoms with Gasteiger partial charge in [0.2, 0.25) is 0 Å². The number of furan rings is 1. The van der Waals surface area contributed by atoms with Crippen molar-refractivity contribution in [3.8, 4) is 0 Å². The van der Waals surface area contributed by atoms with Gasteiger partial charge in [0.1, 0.15) is 5.52 Å². The molecule has 0 bridgehead atoms. The Morgan fingerprint density at radius 2 is 2.24 bits per heavy atom. The largest absolute Gasteiger partial charge is 0.449 e. The number of nitrogens with zero attached hydrogens (tertiary/aromatic N) is 2. The van der Waals surface area contributed by atoms with E-state index in [0.29, 0.717) is 23.2 Å². The molecule has 110 valence electrons. The average Bonchev–Trinajstić information content (AvgIpc) is 3.13. The first-order valence-corrected chi connectivity index (χ1v) is 7.54. The van der Waals surface area contributed by atoms with Crippen LogP contribution < -0.4 is 5.73 Å². The minimum atomic E-state index is -0.0350. The lowest BCUT2D eigenvalue weighted by Gasteiger charge is -2.17. The maximum atomic E-state index is 12.6. The lowest BCUT2D eigenvalue weighted by molar-refractivity contribution is 0.0750. The summed E-state index contributed by atoms with van der Waals surface area (Å²) in [6.07, 6.45) is 2.22. The molecule has 1 aliphatic carbocycles. The summed E-state index contributed by atoms with van der Waals surface area (Å²) < 4.78 is 5.66. The molecule has 2 aromatic rings. The molecular formula is C16H19N3O2. The lowest BCUT2D eigenvalue weighted by Crippen LogP contribution is -2.33. The molecular weight excluding hydrogens is 266 g/mol. The Labute approximate surface area is 123 Å². The first-order chi connectivity index (χ1) is 10.1. The SMILES string of the molecule is Cc1ccc2oc(C(=O)N3CC4CCC(N)C4C3)cc2n1. The number of amides is 1. The third kappa shape index (κ3) is 2.03. The number of rotatable bonds is 1. The van der Waals surface area contributed by atoms with Crippen molar-refractivity contribution in [2.75, 3.05) is 13.1 Å². The molecule has 3 atom stereocenters. The zero-order valence-electron chi connectivity index (χ0n) is 12.1. The second kappa shape index (κ2) is 4.56. The Kier molecular flexibility index (Phi) is 2.79. The normalized spacial score (nSPS) is 28.3. The zero-order chi connectivity index (χ0) is 14.6. The van der Waals surface area contributed by atoms with Crippen LogP contribution >= 0.6 is 0 Å². The van der Waals surface area contributed by atoms with Crippen LogP contribution in [0.1, 0.15) is 29.1 Å². The first-order valence-electron chi connectivity index (χ1n) is 7.54. The van der Waals surface area contributed by atoms with Crippen LogP contribution in [0.15, 0.2) is 22.6 Å². The lowest BCUT2D eigenvalue weighted by atomic mass is 9.98. The van der Waals surface area contributed by atoms with Gasteiger partial charge in [-0.15, -0.1) is 0 Å². The fraction of sp³-hybridized carbons (Fsp3) is 0.500. The van der Waals surface area contributed by atoms with E-state index >= 15 is 0 Å². The van der Waals surface area contributed by atoms with E-state index in [4.69, 9.17) is 10.2 Å². The summed E-state index contributed by atoms with van der Waals surface area (Å²) in [5, 5.41) is 0. The van der Waals surface area contributed by atoms with Crippen molar-refractivity contribution < 1.29 is 9.21 Å². The summed E-state index contributed by atoms with van der Waals surface area (Å²) in [7, 11) is 0. The topological polar surface area (TPSA) is 72.4 Å². The van der Waals surface area contributed by atoms with Gasteiger partial charge in [-0.2, -0.15) is 0 Å². The molecule has 5 heteroatoms. The Hall–Kier alpha value is -1.88. The van der Waals surface area contributed by atoms with Gasteiger partial charge in [-0.3, -0.25) is 4.79 Å². The van der Waals surface area contributed by atoms with E-state index < -0.39 is 0 Å². The molecule has 21 heavy (non-hydrogen) atoms. The molecule has 2 aliphatic rings. The molecule has 0 spiro atoms. The van der Waals surface area contributed by atoms with Gasteiger partial charge in [0.05, 0.1) is 0 Å². The maximum absolute atomic E-state index is 12.6. The van der Waals surface area contributed by atoms with Crippen molar-refractivity contribution in [3.63, 3.8) is 0 Å². The van der Waals surface area contributed by atoms with Crippen LogP contribution in [0.25, 0.3) is 11.1 Å². The highest BCUT2D eigenvalue weighted by atomic mass is 16.3. The fourth-order valence-corrected chi connectivity index (χ4v) is 3.76. The van der Waals surface area contributed by atoms with Crippen LogP contribution in [0.4, 0.5) is 0 Å². The van der Waals surface area contributed by atoms with Crippen molar-refractivity contribution >= 4 is 17.0 Å². The van der Waals surface area contributed by atoms with Crippen molar-refractivity contribution in [3.05, 3.63) is 29.7 Å². The fourth-order valence-electron chi connectivity index (χ4n) is 3.76. The van der Waals surface area contributed by atoms with Gasteiger partial charge in [-0.05, 0) is 43.7 Å². The summed E-state index contributed by atoms with van der Waals surface area (Å²) in [6, 6.07) is 5.74. The van der Waals surface area contributed by atoms with Crippen molar-refractivity contribution in [2.24, 2.45) is 17.6 Å². The van der Waals surface area contributed by atoms with Crippen molar-refractivity contribution in [2.45, 2.75) is 25.8 Å². The van der Waals surface area contributed by atoms with E-state index in [1.165, 1.54) is 0 Å². The van der Waals surface area contributed by atoms with Crippen molar-refractivity contribution in [1.82, 2.24) is 9.88 Å². The number of likely N-dealkylation sites (tertiary alicyclic amines) is 1. The van der Waals surface area contributed by atoms with Crippen LogP contribution in [0.5, 0.6) is 0 Å². The predicted molar refractivity (Wildman–Crippen MR) is 78.8 cm³/mol. The Morgan fingerprint density at radius 1 is 1.38 bits per heavy atom. The summed E-state index contributed by atoms with van der Waals surface area (Å²) >= 11 is 0. The van der Waals surface area contributed by atoms with E-state index in [1.54, 1.807) is 6.07 Å². The monoisotopic (exact) mass is 285 g/mol. The van der Waals surface area contributed by atoms with E-state index in [0.717, 1.165) is 37.1 Å². The molecule has 3 unspecified atom stereocenters. The van der Waals surface area contributed by atoms with Gasteiger partial charge in [-0.1, -0.05) is 0 Å². The van der Waals surface area contributed by atoms with E-state index in [2.05, 4.69) is 4.98 Å². The predicted octanol–water partition coefficient (Wildman–Crippen LogP) is 1.95. The summed E-state index contributed by atoms with van der Waals surface area (Å²) in [5.41, 5.74) is 8.46. The van der Waals surface area contributed by atoms with Gasteiger partial charge in [0, 0.05) is 30.9 Å². The van der Waals surface area contributed by atoms with Gasteiger partial charge in [-0.25, -0.2) is 4.98 Å². The number of fused-ring (bicyclic) bond motifs is 2. The highest BCUT2D eigenvalue weighted by Crippen LogP contribution is 2.37. The number of nitrogens with two attached hydrogens (primary N) is 1. The smallest absolute Gasteiger partial charge is 0.289 e. The molecule has 2 aromatic heterocycles. The number of carbonyl (C=O) groups excluding carboxylic acids is 1. The van der Waals surface area contributed by atoms with Crippen LogP contribution in [0.2, 0.25) is 0 Å². The number of pyridine rings is 1.